The lowest BCUT2D eigenvalue weighted by Crippen LogP contribution is -2.34. The fourth-order valence-electron chi connectivity index (χ4n) is 2.38. The fourth-order valence-corrected chi connectivity index (χ4v) is 3.65. The average molecular weight is 408 g/mol. The largest absolute Gasteiger partial charge is 0.494 e. The molecule has 9 nitrogen and oxygen atoms in total. The molecule has 0 amide bonds. The van der Waals surface area contributed by atoms with Crippen LogP contribution in [0.4, 0.5) is 5.95 Å². The van der Waals surface area contributed by atoms with Crippen LogP contribution in [0, 0.1) is 0 Å². The zero-order valence-electron chi connectivity index (χ0n) is 15.5. The molecule has 0 bridgehead atoms. The number of hydrogen-bond acceptors (Lipinski definition) is 7. The van der Waals surface area contributed by atoms with Crippen LogP contribution < -0.4 is 14.8 Å². The summed E-state index contributed by atoms with van der Waals surface area (Å²) in [6, 6.07) is 7.15. The molecule has 152 valence electrons. The van der Waals surface area contributed by atoms with Crippen LogP contribution in [0.2, 0.25) is 0 Å². The number of carbonyl (C=O) groups is 1. The van der Waals surface area contributed by atoms with Crippen molar-refractivity contribution in [3.63, 3.8) is 0 Å². The van der Waals surface area contributed by atoms with E-state index in [4.69, 9.17) is 9.84 Å². The van der Waals surface area contributed by atoms with Crippen molar-refractivity contribution < 1.29 is 23.1 Å². The molecule has 3 N–H and O–H groups in total. The first-order valence-corrected chi connectivity index (χ1v) is 10.3. The Balaban J connectivity index is 1.78. The van der Waals surface area contributed by atoms with E-state index in [0.717, 1.165) is 12.8 Å². The molecular weight excluding hydrogens is 384 g/mol. The molecule has 1 atom stereocenters. The van der Waals surface area contributed by atoms with Crippen LogP contribution in [-0.2, 0) is 14.8 Å². The van der Waals surface area contributed by atoms with E-state index in [-0.39, 0.29) is 11.3 Å². The van der Waals surface area contributed by atoms with Gasteiger partial charge < -0.3 is 15.2 Å². The summed E-state index contributed by atoms with van der Waals surface area (Å²) in [7, 11) is -3.81. The maximum absolute atomic E-state index is 12.3. The number of carboxylic acid groups (broad SMARTS) is 1. The number of rotatable bonds is 12. The summed E-state index contributed by atoms with van der Waals surface area (Å²) >= 11 is 0. The highest BCUT2D eigenvalue weighted by Gasteiger charge is 2.19. The van der Waals surface area contributed by atoms with Gasteiger partial charge in [0.1, 0.15) is 5.75 Å². The number of hydrogen-bond donors (Lipinski definition) is 3. The zero-order valence-corrected chi connectivity index (χ0v) is 16.4. The molecule has 0 aliphatic carbocycles. The van der Waals surface area contributed by atoms with Gasteiger partial charge in [-0.3, -0.25) is 4.79 Å². The van der Waals surface area contributed by atoms with Gasteiger partial charge >= 0.3 is 5.97 Å². The van der Waals surface area contributed by atoms with Crippen LogP contribution in [0.25, 0.3) is 0 Å². The van der Waals surface area contributed by atoms with Crippen molar-refractivity contribution in [1.29, 1.82) is 0 Å². The van der Waals surface area contributed by atoms with Crippen LogP contribution in [0.3, 0.4) is 0 Å². The van der Waals surface area contributed by atoms with Crippen molar-refractivity contribution in [3.8, 4) is 5.75 Å². The number of carboxylic acids is 1. The van der Waals surface area contributed by atoms with Crippen molar-refractivity contribution in [1.82, 2.24) is 14.7 Å². The van der Waals surface area contributed by atoms with E-state index < -0.39 is 22.0 Å². The third-order valence-electron chi connectivity index (χ3n) is 3.64. The molecule has 1 aromatic heterocycles. The van der Waals surface area contributed by atoms with Crippen molar-refractivity contribution in [2.45, 2.75) is 37.1 Å². The molecule has 1 unspecified atom stereocenters. The van der Waals surface area contributed by atoms with E-state index in [1.165, 1.54) is 19.1 Å². The molecule has 0 saturated carbocycles. The molecule has 0 aliphatic heterocycles. The Bertz CT molecular complexity index is 861. The first-order chi connectivity index (χ1) is 13.4. The first-order valence-electron chi connectivity index (χ1n) is 8.85. The minimum Gasteiger partial charge on any atom is -0.494 e. The quantitative estimate of drug-likeness (QED) is 0.454. The van der Waals surface area contributed by atoms with Crippen LogP contribution in [0.1, 0.15) is 26.2 Å². The SMILES string of the molecule is CC(CC(=O)O)NS(=O)(=O)c1cccc(OCCCCNc2ncccn2)c1. The van der Waals surface area contributed by atoms with E-state index in [1.807, 2.05) is 0 Å². The fraction of sp³-hybridized carbons (Fsp3) is 0.389. The monoisotopic (exact) mass is 408 g/mol. The second-order valence-corrected chi connectivity index (χ2v) is 7.86. The molecule has 0 saturated heterocycles. The molecule has 1 heterocycles. The third-order valence-corrected chi connectivity index (χ3v) is 5.23. The van der Waals surface area contributed by atoms with Crippen molar-refractivity contribution >= 4 is 21.9 Å². The topological polar surface area (TPSA) is 131 Å². The number of aliphatic carboxylic acids is 1. The van der Waals surface area contributed by atoms with Gasteiger partial charge in [-0.15, -0.1) is 0 Å². The molecule has 0 aliphatic rings. The normalized spacial score (nSPS) is 12.3. The van der Waals surface area contributed by atoms with Crippen LogP contribution >= 0.6 is 0 Å². The lowest BCUT2D eigenvalue weighted by molar-refractivity contribution is -0.137. The Morgan fingerprint density at radius 2 is 1.96 bits per heavy atom. The molecule has 28 heavy (non-hydrogen) atoms. The third kappa shape index (κ3) is 7.49. The number of nitrogens with zero attached hydrogens (tertiary/aromatic N) is 2. The molecule has 2 rings (SSSR count). The number of nitrogens with one attached hydrogen (secondary N) is 2. The van der Waals surface area contributed by atoms with Crippen molar-refractivity contribution in [3.05, 3.63) is 42.7 Å². The van der Waals surface area contributed by atoms with Gasteiger partial charge in [0.15, 0.2) is 0 Å². The van der Waals surface area contributed by atoms with E-state index >= 15 is 0 Å². The predicted molar refractivity (Wildman–Crippen MR) is 104 cm³/mol. The molecule has 10 heteroatoms. The summed E-state index contributed by atoms with van der Waals surface area (Å²) < 4.78 is 32.7. The number of ether oxygens (including phenoxy) is 1. The minimum absolute atomic E-state index is 0.0325. The predicted octanol–water partition coefficient (Wildman–Crippen LogP) is 1.89. The second-order valence-electron chi connectivity index (χ2n) is 6.15. The van der Waals surface area contributed by atoms with Crippen LogP contribution in [0.5, 0.6) is 5.75 Å². The van der Waals surface area contributed by atoms with Crippen LogP contribution in [0.15, 0.2) is 47.6 Å². The Hall–Kier alpha value is -2.72. The van der Waals surface area contributed by atoms with Crippen molar-refractivity contribution in [2.24, 2.45) is 0 Å². The molecule has 0 radical (unpaired) electrons. The molecule has 0 fully saturated rings. The highest BCUT2D eigenvalue weighted by Crippen LogP contribution is 2.18. The Morgan fingerprint density at radius 1 is 1.21 bits per heavy atom. The molecule has 1 aromatic carbocycles. The van der Waals surface area contributed by atoms with Gasteiger partial charge in [0, 0.05) is 31.0 Å². The summed E-state index contributed by atoms with van der Waals surface area (Å²) in [5.74, 6) is -0.0559. The van der Waals surface area contributed by atoms with Gasteiger partial charge in [-0.05, 0) is 38.0 Å². The number of sulfonamides is 1. The number of unbranched alkanes of at least 4 members (excludes halogenated alkanes) is 1. The van der Waals surface area contributed by atoms with Gasteiger partial charge in [-0.25, -0.2) is 23.1 Å². The van der Waals surface area contributed by atoms with Gasteiger partial charge in [0.05, 0.1) is 17.9 Å². The Labute approximate surface area is 164 Å². The number of aromatic nitrogens is 2. The highest BCUT2D eigenvalue weighted by atomic mass is 32.2. The highest BCUT2D eigenvalue weighted by molar-refractivity contribution is 7.89. The lowest BCUT2D eigenvalue weighted by atomic mass is 10.3. The van der Waals surface area contributed by atoms with E-state index in [1.54, 1.807) is 30.6 Å². The molecule has 0 spiro atoms. The molecule has 2 aromatic rings. The smallest absolute Gasteiger partial charge is 0.304 e. The van der Waals surface area contributed by atoms with E-state index in [2.05, 4.69) is 20.0 Å². The van der Waals surface area contributed by atoms with Crippen molar-refractivity contribution in [2.75, 3.05) is 18.5 Å². The molecular formula is C18H24N4O5S. The summed E-state index contributed by atoms with van der Waals surface area (Å²) in [5, 5.41) is 11.8. The number of benzene rings is 1. The van der Waals surface area contributed by atoms with Gasteiger partial charge in [0.25, 0.3) is 0 Å². The lowest BCUT2D eigenvalue weighted by Gasteiger charge is -2.13. The summed E-state index contributed by atoms with van der Waals surface area (Å²) in [6.07, 6.45) is 4.64. The minimum atomic E-state index is -3.81. The van der Waals surface area contributed by atoms with E-state index in [9.17, 15) is 13.2 Å². The number of anilines is 1. The Morgan fingerprint density at radius 3 is 2.68 bits per heavy atom. The van der Waals surface area contributed by atoms with Gasteiger partial charge in [0.2, 0.25) is 16.0 Å². The maximum atomic E-state index is 12.3. The second kappa shape index (κ2) is 10.6. The van der Waals surface area contributed by atoms with Gasteiger partial charge in [-0.1, -0.05) is 6.07 Å². The van der Waals surface area contributed by atoms with Gasteiger partial charge in [-0.2, -0.15) is 0 Å². The average Bonchev–Trinajstić information content (AvgIpc) is 2.64. The zero-order chi connectivity index (χ0) is 20.4. The van der Waals surface area contributed by atoms with E-state index in [0.29, 0.717) is 24.8 Å². The first kappa shape index (κ1) is 21.6. The Kier molecular flexibility index (Phi) is 8.15. The maximum Gasteiger partial charge on any atom is 0.304 e. The van der Waals surface area contributed by atoms with Crippen LogP contribution in [-0.4, -0.2) is 48.7 Å². The summed E-state index contributed by atoms with van der Waals surface area (Å²) in [4.78, 5) is 18.9. The standard InChI is InChI=1S/C18H24N4O5S/c1-14(12-17(23)24)22-28(25,26)16-7-4-6-15(13-16)27-11-3-2-8-19-18-20-9-5-10-21-18/h4-7,9-10,13-14,22H,2-3,8,11-12H2,1H3,(H,23,24)(H,19,20,21). The summed E-state index contributed by atoms with van der Waals surface area (Å²) in [6.45, 7) is 2.64. The summed E-state index contributed by atoms with van der Waals surface area (Å²) in [5.41, 5.74) is 0.